The van der Waals surface area contributed by atoms with E-state index in [9.17, 15) is 4.79 Å². The Labute approximate surface area is 101 Å². The Balaban J connectivity index is 1.98. The maximum Gasteiger partial charge on any atom is 0.357 e. The van der Waals surface area contributed by atoms with E-state index in [1.54, 1.807) is 0 Å². The SMILES string of the molecule is COC(=O)C1(Cl)OC12CCC(N(C)C)CC2. The van der Waals surface area contributed by atoms with Gasteiger partial charge in [0.2, 0.25) is 0 Å². The summed E-state index contributed by atoms with van der Waals surface area (Å²) in [4.78, 5) is 13.7. The third kappa shape index (κ3) is 1.63. The lowest BCUT2D eigenvalue weighted by Gasteiger charge is -2.31. The van der Waals surface area contributed by atoms with Crippen LogP contribution in [-0.2, 0) is 14.3 Å². The summed E-state index contributed by atoms with van der Waals surface area (Å²) < 4.78 is 10.2. The Morgan fingerprint density at radius 2 is 2.00 bits per heavy atom. The predicted octanol–water partition coefficient (Wildman–Crippen LogP) is 1.37. The van der Waals surface area contributed by atoms with E-state index in [2.05, 4.69) is 23.7 Å². The monoisotopic (exact) mass is 247 g/mol. The highest BCUT2D eigenvalue weighted by Gasteiger charge is 2.75. The molecule has 0 aromatic heterocycles. The van der Waals surface area contributed by atoms with Gasteiger partial charge in [0.05, 0.1) is 7.11 Å². The first-order chi connectivity index (χ1) is 7.45. The molecular formula is C11H18ClNO3. The van der Waals surface area contributed by atoms with Crippen LogP contribution in [0.2, 0.25) is 0 Å². The molecule has 1 atom stereocenters. The molecule has 1 saturated carbocycles. The molecule has 0 bridgehead atoms. The molecule has 1 heterocycles. The third-order valence-electron chi connectivity index (χ3n) is 3.82. The molecule has 1 saturated heterocycles. The van der Waals surface area contributed by atoms with E-state index in [1.165, 1.54) is 7.11 Å². The molecule has 5 heteroatoms. The standard InChI is InChI=1S/C11H18ClNO3/c1-13(2)8-4-6-10(7-5-8)11(12,16-10)9(14)15-3/h8H,4-7H2,1-3H3. The number of methoxy groups -OCH3 is 1. The van der Waals surface area contributed by atoms with Gasteiger partial charge in [-0.15, -0.1) is 0 Å². The summed E-state index contributed by atoms with van der Waals surface area (Å²) in [6.07, 6.45) is 3.68. The second-order valence-corrected chi connectivity index (χ2v) is 5.41. The zero-order chi connectivity index (χ0) is 12.0. The number of epoxide rings is 1. The molecule has 0 N–H and O–H groups in total. The zero-order valence-electron chi connectivity index (χ0n) is 9.96. The fourth-order valence-corrected chi connectivity index (χ4v) is 3.03. The fourth-order valence-electron chi connectivity index (χ4n) is 2.61. The molecule has 0 aromatic carbocycles. The Morgan fingerprint density at radius 1 is 1.44 bits per heavy atom. The van der Waals surface area contributed by atoms with E-state index in [4.69, 9.17) is 16.3 Å². The molecule has 1 aliphatic heterocycles. The number of halogens is 1. The van der Waals surface area contributed by atoms with E-state index < -0.39 is 16.6 Å². The average Bonchev–Trinajstić information content (AvgIpc) is 2.84. The van der Waals surface area contributed by atoms with Crippen LogP contribution in [0.25, 0.3) is 0 Å². The zero-order valence-corrected chi connectivity index (χ0v) is 10.7. The first kappa shape index (κ1) is 12.1. The Bertz CT molecular complexity index is 300. The van der Waals surface area contributed by atoms with Crippen molar-refractivity contribution < 1.29 is 14.3 Å². The lowest BCUT2D eigenvalue weighted by Crippen LogP contribution is -2.39. The number of hydrogen-bond donors (Lipinski definition) is 0. The van der Waals surface area contributed by atoms with Crippen molar-refractivity contribution in [2.75, 3.05) is 21.2 Å². The number of esters is 1. The van der Waals surface area contributed by atoms with Crippen LogP contribution in [0.15, 0.2) is 0 Å². The smallest absolute Gasteiger partial charge is 0.357 e. The van der Waals surface area contributed by atoms with E-state index in [0.29, 0.717) is 6.04 Å². The summed E-state index contributed by atoms with van der Waals surface area (Å²) in [5, 5.41) is -1.21. The lowest BCUT2D eigenvalue weighted by molar-refractivity contribution is -0.143. The van der Waals surface area contributed by atoms with Gasteiger partial charge in [-0.05, 0) is 39.8 Å². The summed E-state index contributed by atoms with van der Waals surface area (Å²) in [5.74, 6) is -0.461. The summed E-state index contributed by atoms with van der Waals surface area (Å²) in [6, 6.07) is 0.563. The lowest BCUT2D eigenvalue weighted by atomic mass is 9.83. The number of carbonyl (C=O) groups excluding carboxylic acids is 1. The molecule has 4 nitrogen and oxygen atoms in total. The van der Waals surface area contributed by atoms with Crippen molar-refractivity contribution in [2.24, 2.45) is 0 Å². The average molecular weight is 248 g/mol. The first-order valence-corrected chi connectivity index (χ1v) is 5.97. The van der Waals surface area contributed by atoms with Gasteiger partial charge < -0.3 is 14.4 Å². The van der Waals surface area contributed by atoms with Crippen molar-refractivity contribution in [3.63, 3.8) is 0 Å². The Kier molecular flexibility index (Phi) is 2.93. The first-order valence-electron chi connectivity index (χ1n) is 5.59. The van der Waals surface area contributed by atoms with Crippen LogP contribution < -0.4 is 0 Å². The molecule has 16 heavy (non-hydrogen) atoms. The Hall–Kier alpha value is -0.320. The molecule has 1 unspecified atom stereocenters. The van der Waals surface area contributed by atoms with Crippen LogP contribution in [0.4, 0.5) is 0 Å². The van der Waals surface area contributed by atoms with Gasteiger partial charge >= 0.3 is 5.97 Å². The molecule has 1 aliphatic carbocycles. The van der Waals surface area contributed by atoms with Gasteiger partial charge in [-0.3, -0.25) is 0 Å². The van der Waals surface area contributed by atoms with Gasteiger partial charge in [-0.1, -0.05) is 11.6 Å². The van der Waals surface area contributed by atoms with Crippen molar-refractivity contribution in [1.29, 1.82) is 0 Å². The van der Waals surface area contributed by atoms with Gasteiger partial charge in [0.1, 0.15) is 5.60 Å². The Morgan fingerprint density at radius 3 is 2.44 bits per heavy atom. The highest BCUT2D eigenvalue weighted by Crippen LogP contribution is 2.59. The largest absolute Gasteiger partial charge is 0.466 e. The van der Waals surface area contributed by atoms with E-state index >= 15 is 0 Å². The normalized spacial score (nSPS) is 42.4. The third-order valence-corrected chi connectivity index (χ3v) is 4.40. The minimum atomic E-state index is -1.21. The minimum Gasteiger partial charge on any atom is -0.466 e. The minimum absolute atomic E-state index is 0.461. The summed E-state index contributed by atoms with van der Waals surface area (Å²) in [7, 11) is 5.49. The molecule has 1 spiro atoms. The van der Waals surface area contributed by atoms with Crippen molar-refractivity contribution in [3.05, 3.63) is 0 Å². The molecule has 2 fully saturated rings. The predicted molar refractivity (Wildman–Crippen MR) is 60.4 cm³/mol. The number of hydrogen-bond acceptors (Lipinski definition) is 4. The maximum atomic E-state index is 11.5. The van der Waals surface area contributed by atoms with Crippen LogP contribution >= 0.6 is 11.6 Å². The number of rotatable bonds is 2. The van der Waals surface area contributed by atoms with Crippen LogP contribution in [0.1, 0.15) is 25.7 Å². The number of alkyl halides is 1. The van der Waals surface area contributed by atoms with E-state index in [0.717, 1.165) is 25.7 Å². The van der Waals surface area contributed by atoms with Crippen LogP contribution in [-0.4, -0.2) is 48.8 Å². The summed E-state index contributed by atoms with van der Waals surface area (Å²) >= 11 is 6.15. The molecular weight excluding hydrogens is 230 g/mol. The summed E-state index contributed by atoms with van der Waals surface area (Å²) in [5.41, 5.74) is -0.464. The maximum absolute atomic E-state index is 11.5. The molecule has 0 amide bonds. The number of ether oxygens (including phenoxy) is 2. The highest BCUT2D eigenvalue weighted by atomic mass is 35.5. The van der Waals surface area contributed by atoms with Gasteiger partial charge in [-0.25, -0.2) is 4.79 Å². The molecule has 2 rings (SSSR count). The van der Waals surface area contributed by atoms with Crippen molar-refractivity contribution in [1.82, 2.24) is 4.90 Å². The van der Waals surface area contributed by atoms with Crippen molar-refractivity contribution >= 4 is 17.6 Å². The number of carbonyl (C=O) groups is 1. The van der Waals surface area contributed by atoms with Crippen molar-refractivity contribution in [3.8, 4) is 0 Å². The molecule has 2 aliphatic rings. The molecule has 0 aromatic rings. The molecule has 0 radical (unpaired) electrons. The fraction of sp³-hybridized carbons (Fsp3) is 0.909. The van der Waals surface area contributed by atoms with Gasteiger partial charge in [-0.2, -0.15) is 0 Å². The van der Waals surface area contributed by atoms with Crippen LogP contribution in [0.3, 0.4) is 0 Å². The topological polar surface area (TPSA) is 42.1 Å². The number of nitrogens with zero attached hydrogens (tertiary/aromatic N) is 1. The second-order valence-electron chi connectivity index (χ2n) is 4.88. The van der Waals surface area contributed by atoms with Gasteiger partial charge in [0.25, 0.3) is 5.06 Å². The second kappa shape index (κ2) is 3.86. The highest BCUT2D eigenvalue weighted by molar-refractivity contribution is 6.36. The summed E-state index contributed by atoms with van der Waals surface area (Å²) in [6.45, 7) is 0. The van der Waals surface area contributed by atoms with E-state index in [-0.39, 0.29) is 0 Å². The van der Waals surface area contributed by atoms with E-state index in [1.807, 2.05) is 0 Å². The van der Waals surface area contributed by atoms with Crippen LogP contribution in [0, 0.1) is 0 Å². The van der Waals surface area contributed by atoms with Gasteiger partial charge in [0.15, 0.2) is 0 Å². The quantitative estimate of drug-likeness (QED) is 0.420. The van der Waals surface area contributed by atoms with Gasteiger partial charge in [0, 0.05) is 6.04 Å². The van der Waals surface area contributed by atoms with Crippen LogP contribution in [0.5, 0.6) is 0 Å². The molecule has 92 valence electrons. The van der Waals surface area contributed by atoms with Crippen molar-refractivity contribution in [2.45, 2.75) is 42.4 Å².